The number of piperidine rings is 1. The number of nitrogens with zero attached hydrogens (tertiary/aromatic N) is 2. The number of nitrogens with one attached hydrogen (secondary N) is 1. The SMILES string of the molecule is CC(c1ccc(F)cc1)N1CCC(C(=O)Nc2ccc(Br)cn2)CC1. The summed E-state index contributed by atoms with van der Waals surface area (Å²) < 4.78 is 14.0. The van der Waals surface area contributed by atoms with Gasteiger partial charge in [-0.2, -0.15) is 0 Å². The van der Waals surface area contributed by atoms with Gasteiger partial charge in [0.25, 0.3) is 0 Å². The molecule has 1 fully saturated rings. The number of anilines is 1. The van der Waals surface area contributed by atoms with Crippen LogP contribution in [0.1, 0.15) is 31.4 Å². The molecule has 1 atom stereocenters. The number of amides is 1. The molecule has 3 rings (SSSR count). The van der Waals surface area contributed by atoms with Gasteiger partial charge in [-0.1, -0.05) is 12.1 Å². The van der Waals surface area contributed by atoms with E-state index in [2.05, 4.69) is 38.1 Å². The molecule has 0 radical (unpaired) electrons. The van der Waals surface area contributed by atoms with Gasteiger partial charge in [0.15, 0.2) is 0 Å². The minimum Gasteiger partial charge on any atom is -0.310 e. The van der Waals surface area contributed by atoms with Gasteiger partial charge in [0.05, 0.1) is 0 Å². The van der Waals surface area contributed by atoms with Crippen LogP contribution in [0.2, 0.25) is 0 Å². The molecule has 25 heavy (non-hydrogen) atoms. The summed E-state index contributed by atoms with van der Waals surface area (Å²) in [5, 5.41) is 2.89. The largest absolute Gasteiger partial charge is 0.310 e. The Bertz CT molecular complexity index is 712. The number of aromatic nitrogens is 1. The van der Waals surface area contributed by atoms with Crippen molar-refractivity contribution < 1.29 is 9.18 Å². The van der Waals surface area contributed by atoms with Gasteiger partial charge in [0.2, 0.25) is 5.91 Å². The summed E-state index contributed by atoms with van der Waals surface area (Å²) in [6, 6.07) is 10.5. The molecule has 1 aliphatic heterocycles. The fraction of sp³-hybridized carbons (Fsp3) is 0.368. The highest BCUT2D eigenvalue weighted by Crippen LogP contribution is 2.27. The summed E-state index contributed by atoms with van der Waals surface area (Å²) in [6.45, 7) is 3.83. The summed E-state index contributed by atoms with van der Waals surface area (Å²) in [5.74, 6) is 0.397. The number of benzene rings is 1. The van der Waals surface area contributed by atoms with Crippen molar-refractivity contribution in [3.63, 3.8) is 0 Å². The van der Waals surface area contributed by atoms with E-state index in [4.69, 9.17) is 0 Å². The van der Waals surface area contributed by atoms with Crippen LogP contribution >= 0.6 is 15.9 Å². The Balaban J connectivity index is 1.53. The Morgan fingerprint density at radius 1 is 1.24 bits per heavy atom. The van der Waals surface area contributed by atoms with E-state index in [0.29, 0.717) is 5.82 Å². The zero-order chi connectivity index (χ0) is 17.8. The number of likely N-dealkylation sites (tertiary alicyclic amines) is 1. The van der Waals surface area contributed by atoms with Gasteiger partial charge in [-0.05, 0) is 78.6 Å². The summed E-state index contributed by atoms with van der Waals surface area (Å²) in [6.07, 6.45) is 3.30. The first-order valence-corrected chi connectivity index (χ1v) is 9.24. The van der Waals surface area contributed by atoms with Crippen LogP contribution in [0, 0.1) is 11.7 Å². The standard InChI is InChI=1S/C19H21BrFN3O/c1-13(14-2-5-17(21)6-3-14)24-10-8-15(9-11-24)19(25)23-18-7-4-16(20)12-22-18/h2-7,12-13,15H,8-11H2,1H3,(H,22,23,25). The third kappa shape index (κ3) is 4.64. The van der Waals surface area contributed by atoms with Crippen LogP contribution in [0.15, 0.2) is 47.1 Å². The molecule has 1 saturated heterocycles. The van der Waals surface area contributed by atoms with Gasteiger partial charge >= 0.3 is 0 Å². The van der Waals surface area contributed by atoms with Gasteiger partial charge in [-0.15, -0.1) is 0 Å². The molecule has 4 nitrogen and oxygen atoms in total. The number of carbonyl (C=O) groups excluding carboxylic acids is 1. The highest BCUT2D eigenvalue weighted by molar-refractivity contribution is 9.10. The zero-order valence-corrected chi connectivity index (χ0v) is 15.7. The molecular weight excluding hydrogens is 385 g/mol. The van der Waals surface area contributed by atoms with E-state index in [-0.39, 0.29) is 23.7 Å². The molecule has 1 aromatic carbocycles. The molecule has 6 heteroatoms. The van der Waals surface area contributed by atoms with E-state index in [0.717, 1.165) is 36.0 Å². The highest BCUT2D eigenvalue weighted by Gasteiger charge is 2.27. The lowest BCUT2D eigenvalue weighted by molar-refractivity contribution is -0.121. The van der Waals surface area contributed by atoms with Crippen LogP contribution in [0.4, 0.5) is 10.2 Å². The Kier molecular flexibility index (Phi) is 5.81. The summed E-state index contributed by atoms with van der Waals surface area (Å²) >= 11 is 3.33. The van der Waals surface area contributed by atoms with Crippen molar-refractivity contribution in [1.82, 2.24) is 9.88 Å². The quantitative estimate of drug-likeness (QED) is 0.819. The molecule has 1 aromatic heterocycles. The number of hydrogen-bond donors (Lipinski definition) is 1. The van der Waals surface area contributed by atoms with E-state index in [9.17, 15) is 9.18 Å². The average molecular weight is 406 g/mol. The van der Waals surface area contributed by atoms with Crippen LogP contribution in [0.25, 0.3) is 0 Å². The highest BCUT2D eigenvalue weighted by atomic mass is 79.9. The molecule has 0 spiro atoms. The molecule has 1 unspecified atom stereocenters. The lowest BCUT2D eigenvalue weighted by atomic mass is 9.94. The van der Waals surface area contributed by atoms with E-state index >= 15 is 0 Å². The molecule has 1 N–H and O–H groups in total. The Hall–Kier alpha value is -1.79. The number of halogens is 2. The van der Waals surface area contributed by atoms with Crippen LogP contribution in [-0.2, 0) is 4.79 Å². The maximum Gasteiger partial charge on any atom is 0.228 e. The predicted molar refractivity (Wildman–Crippen MR) is 99.7 cm³/mol. The van der Waals surface area contributed by atoms with Gasteiger partial charge < -0.3 is 5.32 Å². The van der Waals surface area contributed by atoms with E-state index in [1.807, 2.05) is 18.2 Å². The summed E-state index contributed by atoms with van der Waals surface area (Å²) in [4.78, 5) is 18.9. The molecule has 0 aliphatic carbocycles. The predicted octanol–water partition coefficient (Wildman–Crippen LogP) is 4.39. The molecule has 1 amide bonds. The van der Waals surface area contributed by atoms with E-state index in [1.54, 1.807) is 12.3 Å². The van der Waals surface area contributed by atoms with E-state index in [1.165, 1.54) is 12.1 Å². The molecule has 2 heterocycles. The second-order valence-electron chi connectivity index (χ2n) is 6.39. The Morgan fingerprint density at radius 3 is 2.52 bits per heavy atom. The van der Waals surface area contributed by atoms with E-state index < -0.39 is 0 Å². The van der Waals surface area contributed by atoms with Gasteiger partial charge in [0.1, 0.15) is 11.6 Å². The van der Waals surface area contributed by atoms with Crippen molar-refractivity contribution in [3.8, 4) is 0 Å². The topological polar surface area (TPSA) is 45.2 Å². The van der Waals surface area contributed by atoms with Crippen LogP contribution in [0.5, 0.6) is 0 Å². The van der Waals surface area contributed by atoms with Crippen molar-refractivity contribution in [2.45, 2.75) is 25.8 Å². The smallest absolute Gasteiger partial charge is 0.228 e. The zero-order valence-electron chi connectivity index (χ0n) is 14.1. The second-order valence-corrected chi connectivity index (χ2v) is 7.30. The average Bonchev–Trinajstić information content (AvgIpc) is 2.64. The molecule has 1 aliphatic rings. The molecule has 132 valence electrons. The van der Waals surface area contributed by atoms with Crippen molar-refractivity contribution in [3.05, 3.63) is 58.4 Å². The first-order chi connectivity index (χ1) is 12.0. The number of hydrogen-bond acceptors (Lipinski definition) is 3. The maximum atomic E-state index is 13.1. The van der Waals surface area contributed by atoms with Crippen molar-refractivity contribution in [2.24, 2.45) is 5.92 Å². The monoisotopic (exact) mass is 405 g/mol. The molecule has 0 bridgehead atoms. The minimum atomic E-state index is -0.215. The van der Waals surface area contributed by atoms with Crippen molar-refractivity contribution in [2.75, 3.05) is 18.4 Å². The van der Waals surface area contributed by atoms with Crippen molar-refractivity contribution in [1.29, 1.82) is 0 Å². The fourth-order valence-electron chi connectivity index (χ4n) is 3.18. The third-order valence-electron chi connectivity index (χ3n) is 4.78. The van der Waals surface area contributed by atoms with Gasteiger partial charge in [-0.3, -0.25) is 9.69 Å². The Morgan fingerprint density at radius 2 is 1.92 bits per heavy atom. The number of carbonyl (C=O) groups is 1. The Labute approximate surface area is 155 Å². The normalized spacial score (nSPS) is 17.2. The molecule has 2 aromatic rings. The minimum absolute atomic E-state index is 0.00196. The van der Waals surface area contributed by atoms with Crippen LogP contribution in [0.3, 0.4) is 0 Å². The molecule has 0 saturated carbocycles. The second kappa shape index (κ2) is 8.06. The lowest BCUT2D eigenvalue weighted by Gasteiger charge is -2.35. The fourth-order valence-corrected chi connectivity index (χ4v) is 3.41. The van der Waals surface area contributed by atoms with Crippen LogP contribution in [-0.4, -0.2) is 28.9 Å². The third-order valence-corrected chi connectivity index (χ3v) is 5.25. The summed E-state index contributed by atoms with van der Waals surface area (Å²) in [5.41, 5.74) is 1.10. The van der Waals surface area contributed by atoms with Crippen molar-refractivity contribution >= 4 is 27.7 Å². The molecular formula is C19H21BrFN3O. The maximum absolute atomic E-state index is 13.1. The number of pyridine rings is 1. The first-order valence-electron chi connectivity index (χ1n) is 8.45. The van der Waals surface area contributed by atoms with Gasteiger partial charge in [-0.25, -0.2) is 9.37 Å². The van der Waals surface area contributed by atoms with Crippen LogP contribution < -0.4 is 5.32 Å². The number of rotatable bonds is 4. The lowest BCUT2D eigenvalue weighted by Crippen LogP contribution is -2.39. The summed E-state index contributed by atoms with van der Waals surface area (Å²) in [7, 11) is 0. The first kappa shape index (κ1) is 18.0. The van der Waals surface area contributed by atoms with Gasteiger partial charge in [0, 0.05) is 22.6 Å².